The Kier molecular flexibility index (Phi) is 16.5. The van der Waals surface area contributed by atoms with Crippen molar-refractivity contribution in [1.29, 1.82) is 0 Å². The molecule has 324 valence electrons. The molecule has 3 heterocycles. The fraction of sp³-hybridized carbons (Fsp3) is 0.733. The van der Waals surface area contributed by atoms with Crippen molar-refractivity contribution in [2.75, 3.05) is 26.1 Å². The number of rotatable bonds is 18. The topological polar surface area (TPSA) is 110 Å². The number of ether oxygens (including phenoxy) is 4. The predicted molar refractivity (Wildman–Crippen MR) is 235 cm³/mol. The molecule has 12 heteroatoms. The van der Waals surface area contributed by atoms with Crippen LogP contribution < -0.4 is 0 Å². The van der Waals surface area contributed by atoms with Gasteiger partial charge in [-0.3, -0.25) is 0 Å². The number of hydrogen-bond acceptors (Lipinski definition) is 9. The van der Waals surface area contributed by atoms with Crippen LogP contribution in [0.1, 0.15) is 87.0 Å². The minimum absolute atomic E-state index is 0.0113. The molecule has 0 aliphatic carbocycles. The van der Waals surface area contributed by atoms with Gasteiger partial charge >= 0.3 is 0 Å². The minimum Gasteiger partial charge on any atom is -0.414 e. The van der Waals surface area contributed by atoms with Gasteiger partial charge in [0.25, 0.3) is 0 Å². The zero-order chi connectivity index (χ0) is 42.6. The molecule has 3 aliphatic heterocycles. The molecule has 57 heavy (non-hydrogen) atoms. The van der Waals surface area contributed by atoms with E-state index >= 15 is 0 Å². The van der Waals surface area contributed by atoms with Crippen LogP contribution in [0.5, 0.6) is 0 Å². The summed E-state index contributed by atoms with van der Waals surface area (Å²) in [4.78, 5) is 0.292. The minimum atomic E-state index is -3.68. The molecule has 3 saturated heterocycles. The first kappa shape index (κ1) is 48.2. The molecule has 3 aliphatic rings. The van der Waals surface area contributed by atoms with Crippen molar-refractivity contribution >= 4 is 26.5 Å². The Hall–Kier alpha value is -1.46. The molecule has 1 unspecified atom stereocenters. The molecule has 0 bridgehead atoms. The average molecular weight is 849 g/mol. The largest absolute Gasteiger partial charge is 0.414 e. The number of aliphatic hydroxyl groups is 1. The fourth-order valence-electron chi connectivity index (χ4n) is 7.86. The molecule has 1 aromatic rings. The number of aliphatic hydroxyl groups excluding tert-OH is 1. The Balaban J connectivity index is 1.60. The molecule has 0 amide bonds. The molecule has 0 spiro atoms. The number of sulfone groups is 1. The molecular formula is C45H76O9SSi2. The Morgan fingerprint density at radius 1 is 0.930 bits per heavy atom. The summed E-state index contributed by atoms with van der Waals surface area (Å²) in [5.74, 6) is -0.347. The van der Waals surface area contributed by atoms with E-state index in [0.717, 1.165) is 36.8 Å². The van der Waals surface area contributed by atoms with Crippen LogP contribution in [-0.4, -0.2) is 105 Å². The van der Waals surface area contributed by atoms with Crippen molar-refractivity contribution in [2.24, 2.45) is 11.8 Å². The first-order valence-electron chi connectivity index (χ1n) is 21.1. The number of methoxy groups -OCH3 is 1. The molecule has 0 aromatic heterocycles. The lowest BCUT2D eigenvalue weighted by atomic mass is 9.83. The highest BCUT2D eigenvalue weighted by molar-refractivity contribution is 7.91. The summed E-state index contributed by atoms with van der Waals surface area (Å²) < 4.78 is 68.5. The van der Waals surface area contributed by atoms with Crippen LogP contribution in [0.2, 0.25) is 36.3 Å². The second-order valence-electron chi connectivity index (χ2n) is 19.9. The van der Waals surface area contributed by atoms with Gasteiger partial charge in [0.05, 0.1) is 72.7 Å². The summed E-state index contributed by atoms with van der Waals surface area (Å²) in [6.07, 6.45) is 5.72. The molecule has 0 saturated carbocycles. The molecule has 9 nitrogen and oxygen atoms in total. The van der Waals surface area contributed by atoms with Crippen molar-refractivity contribution in [2.45, 2.75) is 177 Å². The summed E-state index contributed by atoms with van der Waals surface area (Å²) in [7, 11) is -6.37. The Bertz CT molecular complexity index is 1610. The van der Waals surface area contributed by atoms with E-state index in [9.17, 15) is 13.5 Å². The van der Waals surface area contributed by atoms with Crippen LogP contribution in [0.3, 0.4) is 0 Å². The zero-order valence-electron chi connectivity index (χ0n) is 37.2. The highest BCUT2D eigenvalue weighted by Gasteiger charge is 2.50. The van der Waals surface area contributed by atoms with Crippen molar-refractivity contribution in [3.63, 3.8) is 0 Å². The fourth-order valence-corrected chi connectivity index (χ4v) is 11.9. The van der Waals surface area contributed by atoms with E-state index in [1.165, 1.54) is 0 Å². The third-order valence-corrected chi connectivity index (χ3v) is 24.4. The first-order chi connectivity index (χ1) is 26.4. The average Bonchev–Trinajstić information content (AvgIpc) is 3.63. The summed E-state index contributed by atoms with van der Waals surface area (Å²) in [5, 5.41) is 9.22. The van der Waals surface area contributed by atoms with Crippen LogP contribution in [0, 0.1) is 11.8 Å². The Morgan fingerprint density at radius 2 is 1.58 bits per heavy atom. The highest BCUT2D eigenvalue weighted by Crippen LogP contribution is 2.44. The van der Waals surface area contributed by atoms with E-state index in [4.69, 9.17) is 27.8 Å². The zero-order valence-corrected chi connectivity index (χ0v) is 40.0. The predicted octanol–water partition coefficient (Wildman–Crippen LogP) is 9.44. The highest BCUT2D eigenvalue weighted by atomic mass is 32.2. The maximum absolute atomic E-state index is 14.1. The van der Waals surface area contributed by atoms with E-state index in [1.807, 2.05) is 12.1 Å². The van der Waals surface area contributed by atoms with Crippen molar-refractivity contribution < 1.29 is 41.3 Å². The first-order valence-corrected chi connectivity index (χ1v) is 28.6. The van der Waals surface area contributed by atoms with Gasteiger partial charge in [-0.1, -0.05) is 92.0 Å². The third-order valence-electron chi connectivity index (χ3n) is 13.5. The van der Waals surface area contributed by atoms with Crippen LogP contribution in [-0.2, 0) is 37.6 Å². The Labute approximate surface area is 348 Å². The van der Waals surface area contributed by atoms with Gasteiger partial charge in [0.2, 0.25) is 0 Å². The lowest BCUT2D eigenvalue weighted by Crippen LogP contribution is -2.49. The van der Waals surface area contributed by atoms with Gasteiger partial charge in [0.1, 0.15) is 0 Å². The summed E-state index contributed by atoms with van der Waals surface area (Å²) in [6, 6.07) is 8.67. The normalized spacial score (nSPS) is 30.1. The van der Waals surface area contributed by atoms with Crippen LogP contribution in [0.4, 0.5) is 0 Å². The Morgan fingerprint density at radius 3 is 2.18 bits per heavy atom. The van der Waals surface area contributed by atoms with E-state index in [1.54, 1.807) is 37.5 Å². The van der Waals surface area contributed by atoms with Crippen LogP contribution in [0.15, 0.2) is 71.7 Å². The molecule has 1 aromatic carbocycles. The quantitative estimate of drug-likeness (QED) is 0.114. The van der Waals surface area contributed by atoms with Gasteiger partial charge < -0.3 is 32.9 Å². The van der Waals surface area contributed by atoms with E-state index in [-0.39, 0.29) is 58.9 Å². The van der Waals surface area contributed by atoms with Crippen molar-refractivity contribution in [3.8, 4) is 0 Å². The van der Waals surface area contributed by atoms with Gasteiger partial charge in [-0.05, 0) is 84.7 Å². The lowest BCUT2D eigenvalue weighted by molar-refractivity contribution is -0.0777. The van der Waals surface area contributed by atoms with E-state index < -0.39 is 50.7 Å². The van der Waals surface area contributed by atoms with Crippen molar-refractivity contribution in [1.82, 2.24) is 0 Å². The molecule has 1 N–H and O–H groups in total. The van der Waals surface area contributed by atoms with Gasteiger partial charge in [0.15, 0.2) is 26.5 Å². The third kappa shape index (κ3) is 12.5. The lowest BCUT2D eigenvalue weighted by Gasteiger charge is -2.42. The van der Waals surface area contributed by atoms with Gasteiger partial charge in [-0.15, -0.1) is 0 Å². The summed E-state index contributed by atoms with van der Waals surface area (Å²) in [5.41, 5.74) is 2.08. The second kappa shape index (κ2) is 19.5. The molecule has 10 atom stereocenters. The SMILES string of the molecule is C=C1C[C@H](C=CCO)O[C@H]1CC[C@H]1C[C@@H](C)C(=C)[C@@H](C[C@@H]2O[C@H](CC(CO[Si](C)(C)C(C)(C)C)O[Si](C)(C)C(C)(C)C)[C@H](OC)[C@H]2CS(=O)(=O)c2ccccc2)O1. The molecule has 3 fully saturated rings. The van der Waals surface area contributed by atoms with Gasteiger partial charge in [-0.25, -0.2) is 8.42 Å². The van der Waals surface area contributed by atoms with Crippen LogP contribution in [0.25, 0.3) is 0 Å². The standard InChI is InChI=1S/C45H76O9SSi2/c1-31-25-35(22-23-39-32(2)26-34(51-39)19-18-24-46)52-40(33(31)3)28-41-38(30-55(47,48)37-20-16-15-17-21-37)43(49-10)42(53-41)27-36(54-57(13,14)45(7,8)9)29-50-56(11,12)44(4,5)6/h15-21,31,34-36,38-43,46H,2-3,22-30H2,1,4-14H3/t31-,34+,35+,36?,38+,39+,40-,41+,42-,43-/m1/s1. The maximum atomic E-state index is 14.1. The second-order valence-corrected chi connectivity index (χ2v) is 31.5. The number of hydrogen-bond donors (Lipinski definition) is 1. The van der Waals surface area contributed by atoms with E-state index in [2.05, 4.69) is 87.8 Å². The maximum Gasteiger partial charge on any atom is 0.192 e. The van der Waals surface area contributed by atoms with Gasteiger partial charge in [0, 0.05) is 32.3 Å². The van der Waals surface area contributed by atoms with E-state index in [0.29, 0.717) is 24.3 Å². The summed E-state index contributed by atoms with van der Waals surface area (Å²) >= 11 is 0. The molecular weight excluding hydrogens is 773 g/mol. The van der Waals surface area contributed by atoms with Crippen molar-refractivity contribution in [3.05, 3.63) is 66.8 Å². The summed E-state index contributed by atoms with van der Waals surface area (Å²) in [6.45, 7) is 33.9. The molecule has 4 rings (SSSR count). The molecule has 0 radical (unpaired) electrons. The number of benzene rings is 1. The van der Waals surface area contributed by atoms with Crippen LogP contribution >= 0.6 is 0 Å². The monoisotopic (exact) mass is 848 g/mol. The van der Waals surface area contributed by atoms with Gasteiger partial charge in [-0.2, -0.15) is 0 Å². The smallest absolute Gasteiger partial charge is 0.192 e.